The van der Waals surface area contributed by atoms with Gasteiger partial charge in [0.1, 0.15) is 0 Å². The molecule has 0 aliphatic carbocycles. The van der Waals surface area contributed by atoms with Crippen LogP contribution in [0, 0.1) is 0 Å². The molecule has 1 rings (SSSR count). The van der Waals surface area contributed by atoms with Crippen molar-refractivity contribution in [1.82, 2.24) is 15.5 Å². The van der Waals surface area contributed by atoms with Gasteiger partial charge in [0, 0.05) is 6.54 Å². The van der Waals surface area contributed by atoms with Crippen molar-refractivity contribution in [2.75, 3.05) is 39.3 Å². The zero-order valence-electron chi connectivity index (χ0n) is 16.3. The maximum atomic E-state index is 10.2. The Balaban J connectivity index is 2.13. The maximum absolute atomic E-state index is 10.2. The summed E-state index contributed by atoms with van der Waals surface area (Å²) in [6, 6.07) is 0. The van der Waals surface area contributed by atoms with Gasteiger partial charge in [-0.05, 0) is 84.1 Å². The van der Waals surface area contributed by atoms with E-state index in [2.05, 4.69) is 27.7 Å². The summed E-state index contributed by atoms with van der Waals surface area (Å²) in [5.74, 6) is 0. The summed E-state index contributed by atoms with van der Waals surface area (Å²) in [4.78, 5) is 12.8. The second kappa shape index (κ2) is 17.9. The highest BCUT2D eigenvalue weighted by atomic mass is 16.1. The lowest BCUT2D eigenvalue weighted by atomic mass is 10.1. The second-order valence-corrected chi connectivity index (χ2v) is 7.25. The SMILES string of the molecule is O=CNCCCNCCCN1CCCCC=CCCCCCCCC1. The fraction of sp³-hybridized carbons (Fsp3) is 0.857. The third-order valence-corrected chi connectivity index (χ3v) is 4.94. The first kappa shape index (κ1) is 22.2. The molecule has 2 N–H and O–H groups in total. The van der Waals surface area contributed by atoms with Gasteiger partial charge >= 0.3 is 0 Å². The highest BCUT2D eigenvalue weighted by Crippen LogP contribution is 2.10. The van der Waals surface area contributed by atoms with E-state index in [1.54, 1.807) is 0 Å². The predicted octanol–water partition coefficient (Wildman–Crippen LogP) is 3.88. The lowest BCUT2D eigenvalue weighted by Gasteiger charge is -2.22. The standard InChI is InChI=1S/C21H41N3O/c25-21-23-16-13-15-22-17-14-20-24-18-11-9-7-5-3-1-2-4-6-8-10-12-19-24/h3,5,21-22H,1-2,4,6-20H2,(H,23,25). The summed E-state index contributed by atoms with van der Waals surface area (Å²) in [5, 5.41) is 6.19. The van der Waals surface area contributed by atoms with Gasteiger partial charge in [-0.15, -0.1) is 0 Å². The average Bonchev–Trinajstić information content (AvgIpc) is 2.63. The molecule has 146 valence electrons. The predicted molar refractivity (Wildman–Crippen MR) is 108 cm³/mol. The minimum Gasteiger partial charge on any atom is -0.359 e. The van der Waals surface area contributed by atoms with Gasteiger partial charge in [0.2, 0.25) is 6.41 Å². The zero-order chi connectivity index (χ0) is 17.8. The van der Waals surface area contributed by atoms with Crippen LogP contribution in [0.4, 0.5) is 0 Å². The molecular formula is C21H41N3O. The van der Waals surface area contributed by atoms with E-state index in [0.717, 1.165) is 32.5 Å². The van der Waals surface area contributed by atoms with Gasteiger partial charge < -0.3 is 15.5 Å². The van der Waals surface area contributed by atoms with E-state index in [1.807, 2.05) is 0 Å². The first-order chi connectivity index (χ1) is 12.4. The summed E-state index contributed by atoms with van der Waals surface area (Å²) in [7, 11) is 0. The van der Waals surface area contributed by atoms with Crippen molar-refractivity contribution in [1.29, 1.82) is 0 Å². The van der Waals surface area contributed by atoms with Crippen molar-refractivity contribution in [3.63, 3.8) is 0 Å². The third kappa shape index (κ3) is 15.1. The normalized spacial score (nSPS) is 19.0. The molecule has 25 heavy (non-hydrogen) atoms. The van der Waals surface area contributed by atoms with Gasteiger partial charge in [0.15, 0.2) is 0 Å². The van der Waals surface area contributed by atoms with Crippen LogP contribution in [0.5, 0.6) is 0 Å². The molecule has 0 aromatic carbocycles. The molecule has 1 heterocycles. The van der Waals surface area contributed by atoms with Gasteiger partial charge in [-0.2, -0.15) is 0 Å². The Morgan fingerprint density at radius 3 is 2.12 bits per heavy atom. The van der Waals surface area contributed by atoms with E-state index in [-0.39, 0.29) is 0 Å². The molecule has 1 amide bonds. The number of nitrogens with zero attached hydrogens (tertiary/aromatic N) is 1. The second-order valence-electron chi connectivity index (χ2n) is 7.25. The van der Waals surface area contributed by atoms with E-state index in [4.69, 9.17) is 0 Å². The van der Waals surface area contributed by atoms with Crippen LogP contribution in [0.1, 0.15) is 77.0 Å². The molecule has 0 aromatic heterocycles. The molecule has 4 heteroatoms. The maximum Gasteiger partial charge on any atom is 0.207 e. The lowest BCUT2D eigenvalue weighted by Crippen LogP contribution is -2.30. The summed E-state index contributed by atoms with van der Waals surface area (Å²) in [5.41, 5.74) is 0. The van der Waals surface area contributed by atoms with Crippen molar-refractivity contribution in [3.05, 3.63) is 12.2 Å². The fourth-order valence-electron chi connectivity index (χ4n) is 3.40. The van der Waals surface area contributed by atoms with Crippen LogP contribution >= 0.6 is 0 Å². The van der Waals surface area contributed by atoms with Crippen LogP contribution in [0.25, 0.3) is 0 Å². The minimum absolute atomic E-state index is 0.775. The number of hydrogen-bond donors (Lipinski definition) is 2. The Kier molecular flexibility index (Phi) is 15.9. The molecule has 4 nitrogen and oxygen atoms in total. The molecule has 0 saturated carbocycles. The summed E-state index contributed by atoms with van der Waals surface area (Å²) in [6.07, 6.45) is 21.4. The topological polar surface area (TPSA) is 44.4 Å². The van der Waals surface area contributed by atoms with Gasteiger partial charge in [0.25, 0.3) is 0 Å². The van der Waals surface area contributed by atoms with E-state index < -0.39 is 0 Å². The molecule has 0 aromatic rings. The van der Waals surface area contributed by atoms with Crippen LogP contribution in [0.15, 0.2) is 12.2 Å². The van der Waals surface area contributed by atoms with Crippen molar-refractivity contribution in [2.24, 2.45) is 0 Å². The van der Waals surface area contributed by atoms with Gasteiger partial charge in [-0.1, -0.05) is 37.8 Å². The Bertz CT molecular complexity index is 320. The number of rotatable bonds is 9. The molecule has 0 bridgehead atoms. The molecule has 0 unspecified atom stereocenters. The number of hydrogen-bond acceptors (Lipinski definition) is 3. The monoisotopic (exact) mass is 351 g/mol. The summed E-state index contributed by atoms with van der Waals surface area (Å²) < 4.78 is 0. The lowest BCUT2D eigenvalue weighted by molar-refractivity contribution is -0.109. The van der Waals surface area contributed by atoms with E-state index in [0.29, 0.717) is 0 Å². The van der Waals surface area contributed by atoms with Crippen LogP contribution in [-0.2, 0) is 4.79 Å². The number of nitrogens with one attached hydrogen (secondary N) is 2. The molecule has 0 saturated heterocycles. The molecule has 0 spiro atoms. The number of carbonyl (C=O) groups excluding carboxylic acids is 1. The number of amides is 1. The van der Waals surface area contributed by atoms with E-state index in [1.165, 1.54) is 90.3 Å². The van der Waals surface area contributed by atoms with Crippen molar-refractivity contribution in [2.45, 2.75) is 77.0 Å². The molecule has 0 fully saturated rings. The highest BCUT2D eigenvalue weighted by molar-refractivity contribution is 5.45. The first-order valence-corrected chi connectivity index (χ1v) is 10.7. The molecule has 0 radical (unpaired) electrons. The van der Waals surface area contributed by atoms with Gasteiger partial charge in [-0.3, -0.25) is 4.79 Å². The summed E-state index contributed by atoms with van der Waals surface area (Å²) >= 11 is 0. The number of allylic oxidation sites excluding steroid dienone is 2. The van der Waals surface area contributed by atoms with Gasteiger partial charge in [-0.25, -0.2) is 0 Å². The van der Waals surface area contributed by atoms with E-state index >= 15 is 0 Å². The van der Waals surface area contributed by atoms with Gasteiger partial charge in [0.05, 0.1) is 0 Å². The van der Waals surface area contributed by atoms with Crippen LogP contribution in [0.3, 0.4) is 0 Å². The van der Waals surface area contributed by atoms with E-state index in [9.17, 15) is 4.79 Å². The quantitative estimate of drug-likeness (QED) is 0.376. The zero-order valence-corrected chi connectivity index (χ0v) is 16.3. The van der Waals surface area contributed by atoms with Crippen molar-refractivity contribution in [3.8, 4) is 0 Å². The Hall–Kier alpha value is -0.870. The Labute approximate surface area is 155 Å². The molecule has 0 atom stereocenters. The third-order valence-electron chi connectivity index (χ3n) is 4.94. The van der Waals surface area contributed by atoms with Crippen LogP contribution in [-0.4, -0.2) is 50.6 Å². The molecular weight excluding hydrogens is 310 g/mol. The largest absolute Gasteiger partial charge is 0.359 e. The average molecular weight is 352 g/mol. The molecule has 1 aliphatic heterocycles. The minimum atomic E-state index is 0.775. The Morgan fingerprint density at radius 1 is 0.760 bits per heavy atom. The fourth-order valence-corrected chi connectivity index (χ4v) is 3.40. The van der Waals surface area contributed by atoms with Crippen LogP contribution in [0.2, 0.25) is 0 Å². The number of carbonyl (C=O) groups is 1. The van der Waals surface area contributed by atoms with Crippen molar-refractivity contribution < 1.29 is 4.79 Å². The van der Waals surface area contributed by atoms with Crippen LogP contribution < -0.4 is 10.6 Å². The Morgan fingerprint density at radius 2 is 1.36 bits per heavy atom. The molecule has 1 aliphatic rings. The smallest absolute Gasteiger partial charge is 0.207 e. The highest BCUT2D eigenvalue weighted by Gasteiger charge is 2.04. The van der Waals surface area contributed by atoms with Crippen molar-refractivity contribution >= 4 is 6.41 Å². The summed E-state index contributed by atoms with van der Waals surface area (Å²) in [6.45, 7) is 6.61. The first-order valence-electron chi connectivity index (χ1n) is 10.7.